The number of likely N-dealkylation sites (tertiary alicyclic amines) is 1. The zero-order valence-corrected chi connectivity index (χ0v) is 40.3. The Morgan fingerprint density at radius 3 is 2.40 bits per heavy atom. The maximum atomic E-state index is 16.7. The molecule has 8 rings (SSSR count). The van der Waals surface area contributed by atoms with Gasteiger partial charge in [-0.25, -0.2) is 9.48 Å². The van der Waals surface area contributed by atoms with Crippen LogP contribution in [0.25, 0.3) is 10.1 Å². The van der Waals surface area contributed by atoms with Crippen molar-refractivity contribution < 1.29 is 50.6 Å². The molecule has 8 atom stereocenters. The number of hydrogen-bond donors (Lipinski definition) is 2. The number of benzene rings is 3. The van der Waals surface area contributed by atoms with E-state index in [2.05, 4.69) is 22.5 Å². The Labute approximate surface area is 398 Å². The monoisotopic (exact) mass is 981 g/mol. The summed E-state index contributed by atoms with van der Waals surface area (Å²) in [4.78, 5) is 62.4. The fourth-order valence-electron chi connectivity index (χ4n) is 10.3. The van der Waals surface area contributed by atoms with Gasteiger partial charge < -0.3 is 29.3 Å². The highest BCUT2D eigenvalue weighted by Crippen LogP contribution is 2.58. The van der Waals surface area contributed by atoms with E-state index in [1.807, 2.05) is 34.9 Å². The van der Waals surface area contributed by atoms with Crippen molar-refractivity contribution in [2.45, 2.75) is 138 Å². The van der Waals surface area contributed by atoms with Gasteiger partial charge in [-0.05, 0) is 132 Å². The van der Waals surface area contributed by atoms with Gasteiger partial charge in [0.05, 0.1) is 11.5 Å². The van der Waals surface area contributed by atoms with Crippen molar-refractivity contribution in [1.29, 1.82) is 0 Å². The third-order valence-electron chi connectivity index (χ3n) is 14.0. The van der Waals surface area contributed by atoms with Crippen LogP contribution >= 0.6 is 18.9 Å². The average Bonchev–Trinajstić information content (AvgIpc) is 3.59. The van der Waals surface area contributed by atoms with E-state index >= 15 is 4.39 Å². The molecule has 3 saturated heterocycles. The summed E-state index contributed by atoms with van der Waals surface area (Å²) >= 11 is 1.12. The van der Waals surface area contributed by atoms with Crippen LogP contribution in [0.2, 0.25) is 0 Å². The van der Waals surface area contributed by atoms with Gasteiger partial charge in [-0.15, -0.1) is 11.3 Å². The van der Waals surface area contributed by atoms with Gasteiger partial charge in [0.2, 0.25) is 17.7 Å². The van der Waals surface area contributed by atoms with E-state index in [9.17, 15) is 36.9 Å². The Balaban J connectivity index is 1.03. The summed E-state index contributed by atoms with van der Waals surface area (Å²) in [6, 6.07) is 20.7. The number of para-hydroxylation sites is 1. The molecule has 0 bridgehead atoms. The summed E-state index contributed by atoms with van der Waals surface area (Å²) in [7, 11) is -2.72. The third-order valence-corrected chi connectivity index (χ3v) is 17.3. The summed E-state index contributed by atoms with van der Waals surface area (Å²) in [5, 5.41) is 6.01. The van der Waals surface area contributed by atoms with Gasteiger partial charge in [0.15, 0.2) is 0 Å². The maximum absolute atomic E-state index is 16.7. The fourth-order valence-corrected chi connectivity index (χ4v) is 13.2. The van der Waals surface area contributed by atoms with Gasteiger partial charge in [-0.3, -0.25) is 23.7 Å². The topological polar surface area (TPSA) is 138 Å². The van der Waals surface area contributed by atoms with E-state index in [1.54, 1.807) is 42.3 Å². The highest BCUT2D eigenvalue weighted by Gasteiger charge is 2.58. The Morgan fingerprint density at radius 2 is 1.71 bits per heavy atom. The predicted molar refractivity (Wildman–Crippen MR) is 252 cm³/mol. The number of rotatable bonds is 17. The number of fused-ring (bicyclic) bond motifs is 2. The first kappa shape index (κ1) is 49.6. The van der Waals surface area contributed by atoms with Crippen LogP contribution < -0.4 is 14.9 Å². The molecule has 68 heavy (non-hydrogen) atoms. The van der Waals surface area contributed by atoms with Crippen molar-refractivity contribution in [2.24, 2.45) is 0 Å². The summed E-state index contributed by atoms with van der Waals surface area (Å²) in [6.45, 7) is 4.11. The van der Waals surface area contributed by atoms with Crippen molar-refractivity contribution in [3.63, 3.8) is 0 Å². The smallest absolute Gasteiger partial charge is 0.389 e. The van der Waals surface area contributed by atoms with Gasteiger partial charge in [0, 0.05) is 41.2 Å². The van der Waals surface area contributed by atoms with Crippen LogP contribution in [0.1, 0.15) is 117 Å². The van der Waals surface area contributed by atoms with E-state index in [0.29, 0.717) is 48.7 Å². The van der Waals surface area contributed by atoms with Crippen LogP contribution in [0, 0.1) is 0 Å². The van der Waals surface area contributed by atoms with Gasteiger partial charge in [0.25, 0.3) is 5.91 Å². The van der Waals surface area contributed by atoms with Crippen LogP contribution in [-0.2, 0) is 23.7 Å². The summed E-state index contributed by atoms with van der Waals surface area (Å²) in [5.41, 5.74) is 0.898. The van der Waals surface area contributed by atoms with E-state index < -0.39 is 56.0 Å². The fraction of sp³-hybridized carbons (Fsp3) is 0.520. The minimum atomic E-state index is -4.52. The van der Waals surface area contributed by atoms with Crippen molar-refractivity contribution in [3.05, 3.63) is 101 Å². The van der Waals surface area contributed by atoms with Crippen LogP contribution in [-0.4, -0.2) is 107 Å². The lowest BCUT2D eigenvalue weighted by molar-refractivity contribution is -0.148. The number of halogens is 4. The molecule has 0 unspecified atom stereocenters. The molecule has 18 heteroatoms. The molecular weight excluding hydrogens is 922 g/mol. The molecule has 4 aliphatic rings. The van der Waals surface area contributed by atoms with Crippen LogP contribution in [0.15, 0.2) is 84.9 Å². The molecular formula is C50H60F4N5O7PS. The van der Waals surface area contributed by atoms with Gasteiger partial charge in [-0.2, -0.15) is 13.2 Å². The number of ether oxygens (including phenoxy) is 1. The molecule has 1 spiro atoms. The first-order chi connectivity index (χ1) is 32.5. The molecule has 1 saturated carbocycles. The van der Waals surface area contributed by atoms with E-state index in [4.69, 9.17) is 9.26 Å². The minimum Gasteiger partial charge on any atom is -0.465 e. The number of nitrogens with one attached hydrogen (secondary N) is 2. The average molecular weight is 982 g/mol. The molecule has 4 fully saturated rings. The number of esters is 1. The van der Waals surface area contributed by atoms with Crippen molar-refractivity contribution in [3.8, 4) is 5.75 Å². The summed E-state index contributed by atoms with van der Waals surface area (Å²) in [5.74, 6) is -3.69. The number of hydrogen-bond acceptors (Lipinski definition) is 9. The predicted octanol–water partition coefficient (Wildman–Crippen LogP) is 9.91. The standard InChI is InChI=1S/C50H60F4N5O7PS/c1-4-26-65-48(63)32(2)56-67(64,66-39-14-9-6-10-15-39)44(51)34-16-21-42-35(27-34)28-43(68-42)45(60)55-40-19-17-37(57(3)25-11-22-50(52,53)54)29-38-18-20-41(59(38)46(40)61)47(62)58-31-36(30-49(58)23-24-49)33-12-7-5-8-13-33/h5-10,12-16,21,27-28,32,36-38,40-41,44H,4,11,17-20,22-26,29-31H2,1-3H3,(H,55,60)(H,56,64)/t32-,36+,37-,38+,40-,41-,44-,67+/m0/s1. The number of alkyl halides is 4. The Morgan fingerprint density at radius 1 is 0.985 bits per heavy atom. The number of nitrogens with zero attached hydrogens (tertiary/aromatic N) is 3. The molecule has 366 valence electrons. The number of amides is 3. The highest BCUT2D eigenvalue weighted by molar-refractivity contribution is 7.57. The quantitative estimate of drug-likeness (QED) is 0.0602. The number of carbonyl (C=O) groups is 4. The lowest BCUT2D eigenvalue weighted by atomic mass is 9.93. The lowest BCUT2D eigenvalue weighted by Crippen LogP contribution is -2.59. The highest BCUT2D eigenvalue weighted by atomic mass is 32.1. The van der Waals surface area contributed by atoms with E-state index in [-0.39, 0.29) is 77.5 Å². The second kappa shape index (κ2) is 20.6. The molecule has 1 aliphatic carbocycles. The van der Waals surface area contributed by atoms with Crippen molar-refractivity contribution >= 4 is 52.6 Å². The van der Waals surface area contributed by atoms with E-state index in [1.165, 1.54) is 36.8 Å². The zero-order chi connectivity index (χ0) is 48.4. The van der Waals surface area contributed by atoms with Crippen LogP contribution in [0.3, 0.4) is 0 Å². The molecule has 12 nitrogen and oxygen atoms in total. The Bertz CT molecular complexity index is 2490. The van der Waals surface area contributed by atoms with Gasteiger partial charge in [-0.1, -0.05) is 61.5 Å². The second-order valence-electron chi connectivity index (χ2n) is 18.9. The molecule has 1 aromatic heterocycles. The molecule has 4 aromatic rings. The molecule has 3 aliphatic heterocycles. The van der Waals surface area contributed by atoms with Crippen LogP contribution in [0.4, 0.5) is 17.6 Å². The minimum absolute atomic E-state index is 0.0272. The summed E-state index contributed by atoms with van der Waals surface area (Å²) in [6.07, 6.45) is 0.0292. The number of thiophene rings is 1. The van der Waals surface area contributed by atoms with Crippen LogP contribution in [0.5, 0.6) is 5.75 Å². The first-order valence-electron chi connectivity index (χ1n) is 23.7. The SMILES string of the molecule is CCCOC(=O)[C@H](C)N[P@](=O)(Oc1ccccc1)[C@H](F)c1ccc2sc(C(=O)N[C@H]3CC[C@H](N(C)CCCC(F)(F)F)C[C@H]4CC[C@@H](C(=O)N5C[C@H](c6ccccc6)CC56CC6)N4C3=O)cc2c1. The zero-order valence-electron chi connectivity index (χ0n) is 38.6. The normalized spacial score (nSPS) is 24.2. The second-order valence-corrected chi connectivity index (χ2v) is 22.1. The van der Waals surface area contributed by atoms with Gasteiger partial charge in [0.1, 0.15) is 23.9 Å². The maximum Gasteiger partial charge on any atom is 0.389 e. The molecule has 2 N–H and O–H groups in total. The molecule has 3 amide bonds. The van der Waals surface area contributed by atoms with Crippen molar-refractivity contribution in [2.75, 3.05) is 26.7 Å². The molecule has 0 radical (unpaired) electrons. The Hall–Kier alpha value is -4.83. The lowest BCUT2D eigenvalue weighted by Gasteiger charge is -2.41. The third kappa shape index (κ3) is 11.1. The molecule has 4 heterocycles. The van der Waals surface area contributed by atoms with Gasteiger partial charge >= 0.3 is 19.7 Å². The largest absolute Gasteiger partial charge is 0.465 e. The number of carbonyl (C=O) groups excluding carboxylic acids is 4. The summed E-state index contributed by atoms with van der Waals surface area (Å²) < 4.78 is 82.3. The Kier molecular flexibility index (Phi) is 15.0. The first-order valence-corrected chi connectivity index (χ1v) is 26.2. The van der Waals surface area contributed by atoms with E-state index in [0.717, 1.165) is 30.6 Å². The molecule has 3 aromatic carbocycles. The van der Waals surface area contributed by atoms with Crippen molar-refractivity contribution in [1.82, 2.24) is 25.1 Å².